The van der Waals surface area contributed by atoms with Gasteiger partial charge in [-0.15, -0.1) is 0 Å². The normalized spacial score (nSPS) is 12.2. The van der Waals surface area contributed by atoms with Crippen LogP contribution in [0.25, 0.3) is 16.6 Å². The molecule has 0 aliphatic rings. The number of nitrogens with zero attached hydrogens (tertiary/aromatic N) is 3. The van der Waals surface area contributed by atoms with E-state index in [4.69, 9.17) is 16.6 Å². The maximum atomic E-state index is 13.5. The lowest BCUT2D eigenvalue weighted by atomic mass is 10.00. The third-order valence-corrected chi connectivity index (χ3v) is 5.85. The maximum absolute atomic E-state index is 13.5. The molecule has 5 nitrogen and oxygen atoms in total. The van der Waals surface area contributed by atoms with Crippen molar-refractivity contribution in [3.8, 4) is 5.82 Å². The van der Waals surface area contributed by atoms with E-state index in [2.05, 4.69) is 25.2 Å². The predicted octanol–water partition coefficient (Wildman–Crippen LogP) is 7.07. The number of hydrogen-bond donors (Lipinski definition) is 1. The van der Waals surface area contributed by atoms with Crippen LogP contribution in [0.4, 0.5) is 14.9 Å². The van der Waals surface area contributed by atoms with Crippen molar-refractivity contribution in [1.29, 1.82) is 0 Å². The van der Waals surface area contributed by atoms with Gasteiger partial charge >= 0.3 is 6.03 Å². The Balaban J connectivity index is 1.71. The molecule has 0 aliphatic heterocycles. The highest BCUT2D eigenvalue weighted by Crippen LogP contribution is 2.31. The molecule has 0 aliphatic carbocycles. The summed E-state index contributed by atoms with van der Waals surface area (Å²) in [6.45, 7) is 6.66. The number of nitrogens with one attached hydrogen (secondary N) is 1. The minimum Gasteiger partial charge on any atom is -0.317 e. The summed E-state index contributed by atoms with van der Waals surface area (Å²) >= 11 is 5.89. The quantitative estimate of drug-likeness (QED) is 0.331. The molecule has 4 aromatic rings. The number of rotatable bonds is 6. The Morgan fingerprint density at radius 2 is 1.79 bits per heavy atom. The highest BCUT2D eigenvalue weighted by atomic mass is 35.5. The van der Waals surface area contributed by atoms with Gasteiger partial charge in [-0.25, -0.2) is 14.2 Å². The van der Waals surface area contributed by atoms with Gasteiger partial charge in [0.05, 0.1) is 11.1 Å². The van der Waals surface area contributed by atoms with Crippen LogP contribution in [0.5, 0.6) is 0 Å². The summed E-state index contributed by atoms with van der Waals surface area (Å²) in [4.78, 5) is 19.8. The zero-order valence-electron chi connectivity index (χ0n) is 18.8. The molecule has 0 saturated carbocycles. The second-order valence-electron chi connectivity index (χ2n) is 8.45. The number of halogens is 2. The Hall–Kier alpha value is -3.38. The number of aromatic nitrogens is 2. The summed E-state index contributed by atoms with van der Waals surface area (Å²) in [7, 11) is 0. The number of pyridine rings is 1. The van der Waals surface area contributed by atoms with Gasteiger partial charge in [0.2, 0.25) is 0 Å². The van der Waals surface area contributed by atoms with E-state index in [1.54, 1.807) is 4.90 Å². The third kappa shape index (κ3) is 4.86. The van der Waals surface area contributed by atoms with Crippen LogP contribution in [0.2, 0.25) is 5.02 Å². The van der Waals surface area contributed by atoms with E-state index in [0.29, 0.717) is 12.2 Å². The zero-order valence-corrected chi connectivity index (χ0v) is 19.6. The molecule has 7 heteroatoms. The van der Waals surface area contributed by atoms with Crippen molar-refractivity contribution in [2.45, 2.75) is 26.8 Å². The SMILES string of the molecule is CC(C)CN(C(=O)Nc1ccc(F)c(Cl)c1)[C@H](C)c1cnc(-n2cccc2)c2ccccc12. The summed E-state index contributed by atoms with van der Waals surface area (Å²) < 4.78 is 15.5. The molecule has 0 spiro atoms. The van der Waals surface area contributed by atoms with Crippen LogP contribution in [0, 0.1) is 11.7 Å². The Morgan fingerprint density at radius 1 is 1.09 bits per heavy atom. The summed E-state index contributed by atoms with van der Waals surface area (Å²) in [5.41, 5.74) is 1.40. The molecule has 0 unspecified atom stereocenters. The molecule has 2 aromatic carbocycles. The monoisotopic (exact) mass is 464 g/mol. The van der Waals surface area contributed by atoms with Crippen LogP contribution in [0.15, 0.2) is 73.2 Å². The smallest absolute Gasteiger partial charge is 0.317 e. The van der Waals surface area contributed by atoms with Crippen LogP contribution < -0.4 is 5.32 Å². The van der Waals surface area contributed by atoms with Gasteiger partial charge in [0.1, 0.15) is 11.6 Å². The van der Waals surface area contributed by atoms with Gasteiger partial charge in [-0.2, -0.15) is 0 Å². The summed E-state index contributed by atoms with van der Waals surface area (Å²) in [5.74, 6) is 0.558. The van der Waals surface area contributed by atoms with E-state index >= 15 is 0 Å². The van der Waals surface area contributed by atoms with Crippen molar-refractivity contribution < 1.29 is 9.18 Å². The average Bonchev–Trinajstić information content (AvgIpc) is 3.33. The number of urea groups is 1. The molecule has 0 saturated heterocycles. The number of carbonyl (C=O) groups excluding carboxylic acids is 1. The molecule has 1 N–H and O–H groups in total. The second kappa shape index (κ2) is 9.63. The highest BCUT2D eigenvalue weighted by molar-refractivity contribution is 6.31. The van der Waals surface area contributed by atoms with Crippen LogP contribution in [-0.4, -0.2) is 27.0 Å². The number of carbonyl (C=O) groups is 1. The Morgan fingerprint density at radius 3 is 2.45 bits per heavy atom. The lowest BCUT2D eigenvalue weighted by molar-refractivity contribution is 0.184. The lowest BCUT2D eigenvalue weighted by Crippen LogP contribution is -2.39. The number of anilines is 1. The zero-order chi connectivity index (χ0) is 23.5. The van der Waals surface area contributed by atoms with Crippen LogP contribution in [0.1, 0.15) is 32.4 Å². The van der Waals surface area contributed by atoms with Crippen molar-refractivity contribution in [3.63, 3.8) is 0 Å². The Labute approximate surface area is 197 Å². The molecule has 4 rings (SSSR count). The van der Waals surface area contributed by atoms with E-state index < -0.39 is 5.82 Å². The van der Waals surface area contributed by atoms with Crippen molar-refractivity contribution in [1.82, 2.24) is 14.5 Å². The topological polar surface area (TPSA) is 50.2 Å². The fourth-order valence-corrected chi connectivity index (χ4v) is 4.14. The van der Waals surface area contributed by atoms with Crippen LogP contribution >= 0.6 is 11.6 Å². The number of hydrogen-bond acceptors (Lipinski definition) is 2. The van der Waals surface area contributed by atoms with E-state index in [1.807, 2.05) is 60.4 Å². The molecule has 0 fully saturated rings. The van der Waals surface area contributed by atoms with E-state index in [-0.39, 0.29) is 23.0 Å². The van der Waals surface area contributed by atoms with Gasteiger partial charge in [-0.3, -0.25) is 0 Å². The molecule has 0 radical (unpaired) electrons. The molecule has 170 valence electrons. The molecule has 2 heterocycles. The van der Waals surface area contributed by atoms with E-state index in [1.165, 1.54) is 18.2 Å². The average molecular weight is 465 g/mol. The summed E-state index contributed by atoms with van der Waals surface area (Å²) in [6.07, 6.45) is 5.77. The van der Waals surface area contributed by atoms with Crippen molar-refractivity contribution in [2.75, 3.05) is 11.9 Å². The molecule has 2 aromatic heterocycles. The van der Waals surface area contributed by atoms with Gasteiger partial charge in [-0.1, -0.05) is 49.7 Å². The Kier molecular flexibility index (Phi) is 6.65. The van der Waals surface area contributed by atoms with Gasteiger partial charge in [0.15, 0.2) is 0 Å². The fourth-order valence-electron chi connectivity index (χ4n) is 3.96. The van der Waals surface area contributed by atoms with Gasteiger partial charge in [0.25, 0.3) is 0 Å². The first-order chi connectivity index (χ1) is 15.8. The lowest BCUT2D eigenvalue weighted by Gasteiger charge is -2.32. The minimum atomic E-state index is -0.526. The van der Waals surface area contributed by atoms with E-state index in [9.17, 15) is 9.18 Å². The molecule has 2 amide bonds. The van der Waals surface area contributed by atoms with Crippen molar-refractivity contribution in [2.24, 2.45) is 5.92 Å². The second-order valence-corrected chi connectivity index (χ2v) is 8.86. The standard InChI is InChI=1S/C26H26ClFN4O/c1-17(2)16-32(26(33)30-19-10-11-24(28)23(27)14-19)18(3)22-15-29-25(31-12-6-7-13-31)21-9-5-4-8-20(21)22/h4-15,17-18H,16H2,1-3H3,(H,30,33)/t18-/m1/s1. The summed E-state index contributed by atoms with van der Waals surface area (Å²) in [6, 6.07) is 15.6. The number of fused-ring (bicyclic) bond motifs is 1. The predicted molar refractivity (Wildman–Crippen MR) is 131 cm³/mol. The van der Waals surface area contributed by atoms with E-state index in [0.717, 1.165) is 22.2 Å². The van der Waals surface area contributed by atoms with Gasteiger partial charge in [0, 0.05) is 41.8 Å². The van der Waals surface area contributed by atoms with Gasteiger partial charge < -0.3 is 14.8 Å². The van der Waals surface area contributed by atoms with Crippen molar-refractivity contribution >= 4 is 34.1 Å². The largest absolute Gasteiger partial charge is 0.322 e. The number of amides is 2. The maximum Gasteiger partial charge on any atom is 0.322 e. The Bertz CT molecular complexity index is 1270. The molecular formula is C26H26ClFN4O. The summed E-state index contributed by atoms with van der Waals surface area (Å²) in [5, 5.41) is 4.87. The third-order valence-electron chi connectivity index (χ3n) is 5.57. The van der Waals surface area contributed by atoms with Gasteiger partial charge in [-0.05, 0) is 48.6 Å². The first-order valence-corrected chi connectivity index (χ1v) is 11.3. The molecule has 33 heavy (non-hydrogen) atoms. The van der Waals surface area contributed by atoms with Crippen LogP contribution in [0.3, 0.4) is 0 Å². The van der Waals surface area contributed by atoms with Crippen molar-refractivity contribution in [3.05, 3.63) is 89.6 Å². The fraction of sp³-hybridized carbons (Fsp3) is 0.231. The first kappa shape index (κ1) is 22.8. The molecule has 1 atom stereocenters. The minimum absolute atomic E-state index is 0.0351. The first-order valence-electron chi connectivity index (χ1n) is 10.9. The molecular weight excluding hydrogens is 439 g/mol. The van der Waals surface area contributed by atoms with Crippen LogP contribution in [-0.2, 0) is 0 Å². The highest BCUT2D eigenvalue weighted by Gasteiger charge is 2.25. The molecule has 0 bridgehead atoms. The number of benzene rings is 2.